The summed E-state index contributed by atoms with van der Waals surface area (Å²) in [7, 11) is -3.71. The van der Waals surface area contributed by atoms with Crippen molar-refractivity contribution in [2.24, 2.45) is 0 Å². The lowest BCUT2D eigenvalue weighted by atomic mass is 10.2. The third-order valence-electron chi connectivity index (χ3n) is 2.17. The Morgan fingerprint density at radius 1 is 1.17 bits per heavy atom. The van der Waals surface area contributed by atoms with Crippen molar-refractivity contribution >= 4 is 21.7 Å². The van der Waals surface area contributed by atoms with Crippen LogP contribution in [0.25, 0.3) is 0 Å². The Morgan fingerprint density at radius 2 is 1.83 bits per heavy atom. The van der Waals surface area contributed by atoms with Crippen molar-refractivity contribution in [3.63, 3.8) is 0 Å². The van der Waals surface area contributed by atoms with Gasteiger partial charge in [0.05, 0.1) is 4.90 Å². The molecule has 0 atom stereocenters. The van der Waals surface area contributed by atoms with E-state index in [1.807, 2.05) is 0 Å². The van der Waals surface area contributed by atoms with E-state index in [-0.39, 0.29) is 10.8 Å². The molecule has 0 aliphatic heterocycles. The predicted octanol–water partition coefficient (Wildman–Crippen LogP) is 1.17. The number of sulfonamides is 1. The van der Waals surface area contributed by atoms with Crippen molar-refractivity contribution in [3.05, 3.63) is 42.2 Å². The van der Waals surface area contributed by atoms with Crippen LogP contribution in [0.4, 0.5) is 11.6 Å². The minimum atomic E-state index is -3.71. The second-order valence-corrected chi connectivity index (χ2v) is 5.44. The minimum Gasteiger partial charge on any atom is -0.399 e. The van der Waals surface area contributed by atoms with Crippen LogP contribution in [0.5, 0.6) is 0 Å². The number of aryl methyl sites for hydroxylation is 1. The molecule has 0 amide bonds. The van der Waals surface area contributed by atoms with Crippen molar-refractivity contribution in [1.82, 2.24) is 9.97 Å². The van der Waals surface area contributed by atoms with Gasteiger partial charge in [0.25, 0.3) is 10.0 Å². The van der Waals surface area contributed by atoms with Crippen LogP contribution in [0.3, 0.4) is 0 Å². The fourth-order valence-corrected chi connectivity index (χ4v) is 2.56. The second-order valence-electron chi connectivity index (χ2n) is 3.76. The highest BCUT2D eigenvalue weighted by atomic mass is 32.2. The molecule has 2 aromatic rings. The summed E-state index contributed by atoms with van der Waals surface area (Å²) in [4.78, 5) is 7.69. The molecule has 2 rings (SSSR count). The molecule has 0 spiro atoms. The monoisotopic (exact) mass is 264 g/mol. The molecule has 0 radical (unpaired) electrons. The van der Waals surface area contributed by atoms with Gasteiger partial charge in [-0.2, -0.15) is 0 Å². The zero-order chi connectivity index (χ0) is 13.2. The highest BCUT2D eigenvalue weighted by Gasteiger charge is 2.16. The highest BCUT2D eigenvalue weighted by Crippen LogP contribution is 2.18. The molecule has 0 fully saturated rings. The molecule has 18 heavy (non-hydrogen) atoms. The molecule has 0 bridgehead atoms. The van der Waals surface area contributed by atoms with E-state index in [4.69, 9.17) is 5.73 Å². The SMILES string of the molecule is Cc1cc(N)cc(S(=O)(=O)Nc2ncccn2)c1. The summed E-state index contributed by atoms with van der Waals surface area (Å²) in [6, 6.07) is 6.21. The number of hydrogen-bond donors (Lipinski definition) is 2. The summed E-state index contributed by atoms with van der Waals surface area (Å²) >= 11 is 0. The van der Waals surface area contributed by atoms with E-state index in [2.05, 4.69) is 14.7 Å². The van der Waals surface area contributed by atoms with E-state index in [1.54, 1.807) is 19.1 Å². The predicted molar refractivity (Wildman–Crippen MR) is 68.4 cm³/mol. The van der Waals surface area contributed by atoms with Crippen LogP contribution >= 0.6 is 0 Å². The fraction of sp³-hybridized carbons (Fsp3) is 0.0909. The number of aromatic nitrogens is 2. The number of hydrogen-bond acceptors (Lipinski definition) is 5. The summed E-state index contributed by atoms with van der Waals surface area (Å²) in [5.74, 6) is 0.0255. The van der Waals surface area contributed by atoms with Gasteiger partial charge in [-0.25, -0.2) is 23.1 Å². The quantitative estimate of drug-likeness (QED) is 0.811. The molecule has 0 saturated carbocycles. The van der Waals surface area contributed by atoms with E-state index >= 15 is 0 Å². The first-order valence-corrected chi connectivity index (χ1v) is 6.63. The van der Waals surface area contributed by atoms with Crippen molar-refractivity contribution in [1.29, 1.82) is 0 Å². The standard InChI is InChI=1S/C11H12N4O2S/c1-8-5-9(12)7-10(6-8)18(16,17)15-11-13-3-2-4-14-11/h2-7H,12H2,1H3,(H,13,14,15). The number of benzene rings is 1. The van der Waals surface area contributed by atoms with Crippen molar-refractivity contribution < 1.29 is 8.42 Å². The molecule has 94 valence electrons. The van der Waals surface area contributed by atoms with Crippen LogP contribution in [0.1, 0.15) is 5.56 Å². The van der Waals surface area contributed by atoms with Gasteiger partial charge >= 0.3 is 0 Å². The Morgan fingerprint density at radius 3 is 2.44 bits per heavy atom. The molecule has 1 heterocycles. The molecule has 7 heteroatoms. The average Bonchev–Trinajstić information content (AvgIpc) is 2.28. The van der Waals surface area contributed by atoms with Gasteiger partial charge < -0.3 is 5.73 Å². The first-order chi connectivity index (χ1) is 8.47. The Bertz CT molecular complexity index is 636. The van der Waals surface area contributed by atoms with Crippen LogP contribution in [0, 0.1) is 6.92 Å². The zero-order valence-corrected chi connectivity index (χ0v) is 10.5. The van der Waals surface area contributed by atoms with Crippen LogP contribution in [0.2, 0.25) is 0 Å². The van der Waals surface area contributed by atoms with E-state index in [9.17, 15) is 8.42 Å². The Balaban J connectivity index is 2.37. The molecule has 0 aliphatic carbocycles. The first kappa shape index (κ1) is 12.3. The Hall–Kier alpha value is -2.15. The van der Waals surface area contributed by atoms with Crippen molar-refractivity contribution in [2.45, 2.75) is 11.8 Å². The minimum absolute atomic E-state index is 0.0255. The lowest BCUT2D eigenvalue weighted by molar-refractivity contribution is 0.600. The van der Waals surface area contributed by atoms with Crippen molar-refractivity contribution in [2.75, 3.05) is 10.5 Å². The van der Waals surface area contributed by atoms with E-state index < -0.39 is 10.0 Å². The Labute approximate surface area is 105 Å². The van der Waals surface area contributed by atoms with Crippen LogP contribution < -0.4 is 10.5 Å². The zero-order valence-electron chi connectivity index (χ0n) is 9.66. The molecule has 1 aromatic carbocycles. The molecule has 0 unspecified atom stereocenters. The number of nitrogens with one attached hydrogen (secondary N) is 1. The normalized spacial score (nSPS) is 11.2. The van der Waals surface area contributed by atoms with E-state index in [1.165, 1.54) is 24.5 Å². The fourth-order valence-electron chi connectivity index (χ4n) is 1.46. The molecule has 0 saturated heterocycles. The summed E-state index contributed by atoms with van der Waals surface area (Å²) in [6.45, 7) is 1.77. The summed E-state index contributed by atoms with van der Waals surface area (Å²) < 4.78 is 26.4. The van der Waals surface area contributed by atoms with E-state index in [0.717, 1.165) is 5.56 Å². The first-order valence-electron chi connectivity index (χ1n) is 5.14. The Kier molecular flexibility index (Phi) is 3.15. The number of nitrogen functional groups attached to an aromatic ring is 1. The van der Waals surface area contributed by atoms with Crippen LogP contribution in [-0.2, 0) is 10.0 Å². The van der Waals surface area contributed by atoms with Gasteiger partial charge in [-0.3, -0.25) is 0 Å². The molecular formula is C11H12N4O2S. The maximum Gasteiger partial charge on any atom is 0.264 e. The smallest absolute Gasteiger partial charge is 0.264 e. The number of rotatable bonds is 3. The lowest BCUT2D eigenvalue weighted by Gasteiger charge is -2.07. The number of anilines is 2. The highest BCUT2D eigenvalue weighted by molar-refractivity contribution is 7.92. The molecule has 0 aliphatic rings. The van der Waals surface area contributed by atoms with E-state index in [0.29, 0.717) is 5.69 Å². The largest absolute Gasteiger partial charge is 0.399 e. The molecule has 6 nitrogen and oxygen atoms in total. The topological polar surface area (TPSA) is 98.0 Å². The third kappa shape index (κ3) is 2.75. The molecular weight excluding hydrogens is 252 g/mol. The second kappa shape index (κ2) is 4.61. The van der Waals surface area contributed by atoms with Crippen LogP contribution in [-0.4, -0.2) is 18.4 Å². The maximum atomic E-state index is 12.1. The van der Waals surface area contributed by atoms with Gasteiger partial charge in [0.1, 0.15) is 0 Å². The lowest BCUT2D eigenvalue weighted by Crippen LogP contribution is -2.15. The maximum absolute atomic E-state index is 12.1. The van der Waals surface area contributed by atoms with Crippen molar-refractivity contribution in [3.8, 4) is 0 Å². The molecule has 1 aromatic heterocycles. The van der Waals surface area contributed by atoms with Gasteiger partial charge in [0.2, 0.25) is 5.95 Å². The van der Waals surface area contributed by atoms with Gasteiger partial charge in [-0.15, -0.1) is 0 Å². The number of nitrogens with zero attached hydrogens (tertiary/aromatic N) is 2. The summed E-state index contributed by atoms with van der Waals surface area (Å²) in [5.41, 5.74) is 6.79. The van der Waals surface area contributed by atoms with Gasteiger partial charge in [-0.1, -0.05) is 0 Å². The van der Waals surface area contributed by atoms with Crippen LogP contribution in [0.15, 0.2) is 41.6 Å². The third-order valence-corrected chi connectivity index (χ3v) is 3.48. The van der Waals surface area contributed by atoms with Gasteiger partial charge in [0.15, 0.2) is 0 Å². The average molecular weight is 264 g/mol. The number of nitrogens with two attached hydrogens (primary N) is 1. The van der Waals surface area contributed by atoms with Gasteiger partial charge in [-0.05, 0) is 36.8 Å². The summed E-state index contributed by atoms with van der Waals surface area (Å²) in [5, 5.41) is 0. The molecule has 3 N–H and O–H groups in total. The van der Waals surface area contributed by atoms with Gasteiger partial charge in [0, 0.05) is 18.1 Å². The summed E-state index contributed by atoms with van der Waals surface area (Å²) in [6.07, 6.45) is 2.91.